The van der Waals surface area contributed by atoms with Gasteiger partial charge in [-0.25, -0.2) is 4.98 Å². The average Bonchev–Trinajstić information content (AvgIpc) is 3.04. The third kappa shape index (κ3) is 3.64. The number of anilines is 1. The molecule has 1 saturated carbocycles. The van der Waals surface area contributed by atoms with Crippen LogP contribution in [0.5, 0.6) is 0 Å². The van der Waals surface area contributed by atoms with Crippen LogP contribution in [0.25, 0.3) is 0 Å². The highest BCUT2D eigenvalue weighted by Crippen LogP contribution is 2.33. The fourth-order valence-electron chi connectivity index (χ4n) is 4.72. The molecule has 1 amide bonds. The van der Waals surface area contributed by atoms with E-state index in [-0.39, 0.29) is 17.4 Å². The molecule has 3 heterocycles. The standard InChI is InChI=1S/C20H30N4O2/c1-14-7-9-23(10-8-14)20-21-17(12-18(25)22-20)15-11-19(26)24(13-15)16-5-3-2-4-6-16/h12,14-16H,2-11,13H2,1H3,(H,21,22,25)/t15-/m0/s1. The molecule has 4 rings (SSSR count). The van der Waals surface area contributed by atoms with Gasteiger partial charge in [-0.05, 0) is 31.6 Å². The van der Waals surface area contributed by atoms with Crippen molar-refractivity contribution in [1.82, 2.24) is 14.9 Å². The molecule has 1 atom stereocenters. The lowest BCUT2D eigenvalue weighted by atomic mass is 9.94. The molecular formula is C20H30N4O2. The van der Waals surface area contributed by atoms with E-state index in [2.05, 4.69) is 21.7 Å². The van der Waals surface area contributed by atoms with Gasteiger partial charge in [0.05, 0.1) is 5.69 Å². The first-order valence-electron chi connectivity index (χ1n) is 10.3. The first kappa shape index (κ1) is 17.6. The lowest BCUT2D eigenvalue weighted by Crippen LogP contribution is -2.38. The van der Waals surface area contributed by atoms with E-state index in [9.17, 15) is 9.59 Å². The zero-order valence-corrected chi connectivity index (χ0v) is 15.7. The molecule has 2 aliphatic heterocycles. The summed E-state index contributed by atoms with van der Waals surface area (Å²) < 4.78 is 0. The van der Waals surface area contributed by atoms with Crippen LogP contribution in [0.15, 0.2) is 10.9 Å². The largest absolute Gasteiger partial charge is 0.342 e. The molecule has 26 heavy (non-hydrogen) atoms. The van der Waals surface area contributed by atoms with Gasteiger partial charge in [-0.2, -0.15) is 0 Å². The van der Waals surface area contributed by atoms with Gasteiger partial charge in [-0.3, -0.25) is 14.6 Å². The van der Waals surface area contributed by atoms with E-state index in [4.69, 9.17) is 4.98 Å². The topological polar surface area (TPSA) is 69.3 Å². The first-order chi connectivity index (χ1) is 12.6. The van der Waals surface area contributed by atoms with Crippen LogP contribution in [0.3, 0.4) is 0 Å². The highest BCUT2D eigenvalue weighted by Gasteiger charge is 2.36. The predicted molar refractivity (Wildman–Crippen MR) is 101 cm³/mol. The molecule has 3 aliphatic rings. The Hall–Kier alpha value is -1.85. The van der Waals surface area contributed by atoms with Crippen LogP contribution in [0.1, 0.15) is 69.9 Å². The third-order valence-electron chi connectivity index (χ3n) is 6.42. The van der Waals surface area contributed by atoms with E-state index >= 15 is 0 Å². The summed E-state index contributed by atoms with van der Waals surface area (Å²) in [7, 11) is 0. The van der Waals surface area contributed by atoms with E-state index in [0.717, 1.165) is 56.9 Å². The molecule has 0 unspecified atom stereocenters. The minimum absolute atomic E-state index is 0.0502. The van der Waals surface area contributed by atoms with Crippen molar-refractivity contribution in [1.29, 1.82) is 0 Å². The quantitative estimate of drug-likeness (QED) is 0.902. The Kier molecular flexibility index (Phi) is 5.00. The predicted octanol–water partition coefficient (Wildman–Crippen LogP) is 2.65. The summed E-state index contributed by atoms with van der Waals surface area (Å²) in [6, 6.07) is 1.99. The number of rotatable bonds is 3. The summed E-state index contributed by atoms with van der Waals surface area (Å²) in [6.45, 7) is 4.86. The smallest absolute Gasteiger partial charge is 0.252 e. The van der Waals surface area contributed by atoms with Crippen LogP contribution < -0.4 is 10.5 Å². The molecule has 1 N–H and O–H groups in total. The molecule has 0 bridgehead atoms. The van der Waals surface area contributed by atoms with Crippen molar-refractivity contribution in [3.63, 3.8) is 0 Å². The van der Waals surface area contributed by atoms with Crippen molar-refractivity contribution in [3.8, 4) is 0 Å². The van der Waals surface area contributed by atoms with Crippen molar-refractivity contribution in [3.05, 3.63) is 22.1 Å². The van der Waals surface area contributed by atoms with Gasteiger partial charge >= 0.3 is 0 Å². The van der Waals surface area contributed by atoms with Gasteiger partial charge in [0.2, 0.25) is 11.9 Å². The molecule has 1 aromatic rings. The lowest BCUT2D eigenvalue weighted by molar-refractivity contribution is -0.130. The Morgan fingerprint density at radius 3 is 2.54 bits per heavy atom. The first-order valence-corrected chi connectivity index (χ1v) is 10.3. The maximum Gasteiger partial charge on any atom is 0.252 e. The summed E-state index contributed by atoms with van der Waals surface area (Å²) in [5.74, 6) is 1.70. The maximum atomic E-state index is 12.6. The van der Waals surface area contributed by atoms with Crippen LogP contribution in [0.2, 0.25) is 0 Å². The minimum Gasteiger partial charge on any atom is -0.342 e. The highest BCUT2D eigenvalue weighted by atomic mass is 16.2. The number of amides is 1. The number of carbonyl (C=O) groups excluding carboxylic acids is 1. The second-order valence-electron chi connectivity index (χ2n) is 8.40. The Morgan fingerprint density at radius 2 is 1.81 bits per heavy atom. The Morgan fingerprint density at radius 1 is 1.08 bits per heavy atom. The molecule has 142 valence electrons. The number of hydrogen-bond acceptors (Lipinski definition) is 4. The Bertz CT molecular complexity index is 702. The number of aromatic nitrogens is 2. The summed E-state index contributed by atoms with van der Waals surface area (Å²) in [4.78, 5) is 36.7. The van der Waals surface area contributed by atoms with E-state index in [0.29, 0.717) is 18.4 Å². The number of piperidine rings is 1. The average molecular weight is 358 g/mol. The second-order valence-corrected chi connectivity index (χ2v) is 8.40. The van der Waals surface area contributed by atoms with Gasteiger partial charge in [0.1, 0.15) is 0 Å². The molecule has 2 saturated heterocycles. The Balaban J connectivity index is 1.50. The summed E-state index contributed by atoms with van der Waals surface area (Å²) in [6.07, 6.45) is 8.73. The number of aromatic amines is 1. The number of H-pyrrole nitrogens is 1. The van der Waals surface area contributed by atoms with Crippen LogP contribution in [0, 0.1) is 5.92 Å². The summed E-state index contributed by atoms with van der Waals surface area (Å²) in [5.41, 5.74) is 0.682. The van der Waals surface area contributed by atoms with Crippen LogP contribution in [0.4, 0.5) is 5.95 Å². The number of carbonyl (C=O) groups is 1. The molecule has 6 nitrogen and oxygen atoms in total. The molecule has 0 aromatic carbocycles. The van der Waals surface area contributed by atoms with Crippen molar-refractivity contribution >= 4 is 11.9 Å². The molecule has 6 heteroatoms. The van der Waals surface area contributed by atoms with Crippen LogP contribution in [-0.4, -0.2) is 46.5 Å². The van der Waals surface area contributed by atoms with Gasteiger partial charge in [-0.15, -0.1) is 0 Å². The zero-order valence-electron chi connectivity index (χ0n) is 15.7. The van der Waals surface area contributed by atoms with E-state index in [1.165, 1.54) is 19.3 Å². The van der Waals surface area contributed by atoms with Gasteiger partial charge in [0.15, 0.2) is 0 Å². The van der Waals surface area contributed by atoms with Gasteiger partial charge < -0.3 is 9.80 Å². The molecular weight excluding hydrogens is 328 g/mol. The zero-order chi connectivity index (χ0) is 18.1. The summed E-state index contributed by atoms with van der Waals surface area (Å²) >= 11 is 0. The molecule has 3 fully saturated rings. The third-order valence-corrected chi connectivity index (χ3v) is 6.42. The molecule has 1 aliphatic carbocycles. The number of hydrogen-bond donors (Lipinski definition) is 1. The van der Waals surface area contributed by atoms with Crippen LogP contribution in [-0.2, 0) is 4.79 Å². The molecule has 1 aromatic heterocycles. The van der Waals surface area contributed by atoms with Gasteiger partial charge in [0, 0.05) is 44.1 Å². The number of nitrogens with zero attached hydrogens (tertiary/aromatic N) is 3. The molecule has 0 radical (unpaired) electrons. The number of nitrogens with one attached hydrogen (secondary N) is 1. The van der Waals surface area contributed by atoms with Crippen molar-refractivity contribution in [2.45, 2.75) is 70.3 Å². The normalized spacial score (nSPS) is 25.9. The van der Waals surface area contributed by atoms with E-state index in [1.807, 2.05) is 0 Å². The maximum absolute atomic E-state index is 12.6. The van der Waals surface area contributed by atoms with Crippen molar-refractivity contribution in [2.75, 3.05) is 24.5 Å². The van der Waals surface area contributed by atoms with Crippen LogP contribution >= 0.6 is 0 Å². The minimum atomic E-state index is -0.104. The monoisotopic (exact) mass is 358 g/mol. The molecule has 0 spiro atoms. The Labute approximate surface area is 155 Å². The van der Waals surface area contributed by atoms with Crippen molar-refractivity contribution < 1.29 is 4.79 Å². The fraction of sp³-hybridized carbons (Fsp3) is 0.750. The SMILES string of the molecule is CC1CCN(c2nc([C@H]3CC(=O)N(C4CCCCC4)C3)cc(=O)[nH]2)CC1. The van der Waals surface area contributed by atoms with E-state index in [1.54, 1.807) is 6.07 Å². The second kappa shape index (κ2) is 7.41. The van der Waals surface area contributed by atoms with Gasteiger partial charge in [0.25, 0.3) is 5.56 Å². The highest BCUT2D eigenvalue weighted by molar-refractivity contribution is 5.80. The van der Waals surface area contributed by atoms with E-state index < -0.39 is 0 Å². The summed E-state index contributed by atoms with van der Waals surface area (Å²) in [5, 5.41) is 0. The van der Waals surface area contributed by atoms with Gasteiger partial charge in [-0.1, -0.05) is 26.2 Å². The lowest BCUT2D eigenvalue weighted by Gasteiger charge is -2.31. The number of likely N-dealkylation sites (tertiary alicyclic amines) is 1. The fourth-order valence-corrected chi connectivity index (χ4v) is 4.72. The van der Waals surface area contributed by atoms with Crippen molar-refractivity contribution in [2.24, 2.45) is 5.92 Å².